The standard InChI is InChI=1S/C11H20ClN3O3/c1-9(8-15-4-6-18-7-5-15)13-11(17)14-10(16)2-3-12/h9H,2-8H2,1H3,(H2,13,14,16,17). The molecule has 18 heavy (non-hydrogen) atoms. The molecule has 1 aliphatic heterocycles. The summed E-state index contributed by atoms with van der Waals surface area (Å²) in [6.07, 6.45) is 0.146. The first-order valence-corrected chi connectivity index (χ1v) is 6.61. The van der Waals surface area contributed by atoms with Gasteiger partial charge in [0.05, 0.1) is 13.2 Å². The van der Waals surface area contributed by atoms with Crippen molar-refractivity contribution in [2.45, 2.75) is 19.4 Å². The second kappa shape index (κ2) is 8.29. The number of nitrogens with zero attached hydrogens (tertiary/aromatic N) is 1. The number of hydrogen-bond donors (Lipinski definition) is 2. The first-order valence-electron chi connectivity index (χ1n) is 6.08. The van der Waals surface area contributed by atoms with Crippen LogP contribution in [0.5, 0.6) is 0 Å². The number of rotatable bonds is 5. The van der Waals surface area contributed by atoms with Crippen LogP contribution in [0.1, 0.15) is 13.3 Å². The van der Waals surface area contributed by atoms with Gasteiger partial charge in [0, 0.05) is 38.0 Å². The number of carbonyl (C=O) groups is 2. The maximum absolute atomic E-state index is 11.5. The van der Waals surface area contributed by atoms with Crippen molar-refractivity contribution in [3.8, 4) is 0 Å². The molecule has 6 nitrogen and oxygen atoms in total. The van der Waals surface area contributed by atoms with E-state index in [0.717, 1.165) is 32.8 Å². The Labute approximate surface area is 112 Å². The molecule has 0 saturated carbocycles. The molecular formula is C11H20ClN3O3. The predicted molar refractivity (Wildman–Crippen MR) is 68.7 cm³/mol. The molecule has 0 aliphatic carbocycles. The average molecular weight is 278 g/mol. The Morgan fingerprint density at radius 1 is 1.39 bits per heavy atom. The van der Waals surface area contributed by atoms with Crippen molar-refractivity contribution in [1.82, 2.24) is 15.5 Å². The highest BCUT2D eigenvalue weighted by Crippen LogP contribution is 1.98. The minimum atomic E-state index is -0.467. The van der Waals surface area contributed by atoms with Gasteiger partial charge in [0.15, 0.2) is 0 Å². The smallest absolute Gasteiger partial charge is 0.321 e. The lowest BCUT2D eigenvalue weighted by Crippen LogP contribution is -2.49. The zero-order valence-electron chi connectivity index (χ0n) is 10.6. The lowest BCUT2D eigenvalue weighted by Gasteiger charge is -2.29. The molecule has 0 radical (unpaired) electrons. The normalized spacial score (nSPS) is 18.1. The lowest BCUT2D eigenvalue weighted by molar-refractivity contribution is -0.119. The Kier molecular flexibility index (Phi) is 7.00. The minimum absolute atomic E-state index is 0.0214. The second-order valence-electron chi connectivity index (χ2n) is 4.27. The van der Waals surface area contributed by atoms with Crippen LogP contribution in [-0.4, -0.2) is 61.6 Å². The van der Waals surface area contributed by atoms with Gasteiger partial charge in [-0.3, -0.25) is 15.0 Å². The summed E-state index contributed by atoms with van der Waals surface area (Å²) in [5, 5.41) is 4.95. The minimum Gasteiger partial charge on any atom is -0.379 e. The number of imide groups is 1. The maximum atomic E-state index is 11.5. The molecule has 7 heteroatoms. The summed E-state index contributed by atoms with van der Waals surface area (Å²) in [6, 6.07) is -0.488. The summed E-state index contributed by atoms with van der Waals surface area (Å²) in [4.78, 5) is 24.8. The van der Waals surface area contributed by atoms with Gasteiger partial charge in [0.2, 0.25) is 5.91 Å². The molecule has 1 rings (SSSR count). The van der Waals surface area contributed by atoms with Gasteiger partial charge >= 0.3 is 6.03 Å². The molecule has 2 N–H and O–H groups in total. The molecule has 1 fully saturated rings. The number of ether oxygens (including phenoxy) is 1. The number of morpholine rings is 1. The van der Waals surface area contributed by atoms with E-state index in [9.17, 15) is 9.59 Å². The number of nitrogens with one attached hydrogen (secondary N) is 2. The van der Waals surface area contributed by atoms with Gasteiger partial charge in [0.1, 0.15) is 0 Å². The van der Waals surface area contributed by atoms with Gasteiger partial charge in [0.25, 0.3) is 0 Å². The van der Waals surface area contributed by atoms with Crippen LogP contribution in [-0.2, 0) is 9.53 Å². The molecule has 0 spiro atoms. The van der Waals surface area contributed by atoms with Crippen molar-refractivity contribution >= 4 is 23.5 Å². The number of urea groups is 1. The first-order chi connectivity index (χ1) is 8.61. The van der Waals surface area contributed by atoms with E-state index >= 15 is 0 Å². The zero-order valence-corrected chi connectivity index (χ0v) is 11.3. The fraction of sp³-hybridized carbons (Fsp3) is 0.818. The van der Waals surface area contributed by atoms with Gasteiger partial charge in [-0.2, -0.15) is 0 Å². The predicted octanol–water partition coefficient (Wildman–Crippen LogP) is 0.162. The number of amides is 3. The quantitative estimate of drug-likeness (QED) is 0.703. The monoisotopic (exact) mass is 277 g/mol. The van der Waals surface area contributed by atoms with Crippen molar-refractivity contribution < 1.29 is 14.3 Å². The Morgan fingerprint density at radius 2 is 2.06 bits per heavy atom. The van der Waals surface area contributed by atoms with E-state index in [-0.39, 0.29) is 24.2 Å². The van der Waals surface area contributed by atoms with E-state index in [1.54, 1.807) is 0 Å². The van der Waals surface area contributed by atoms with Crippen molar-refractivity contribution in [2.75, 3.05) is 38.7 Å². The Hall–Kier alpha value is -0.850. The molecular weight excluding hydrogens is 258 g/mol. The Bertz CT molecular complexity index is 283. The molecule has 0 aromatic rings. The lowest BCUT2D eigenvalue weighted by atomic mass is 10.3. The van der Waals surface area contributed by atoms with E-state index < -0.39 is 6.03 Å². The van der Waals surface area contributed by atoms with Crippen LogP contribution in [0.4, 0.5) is 4.79 Å². The number of carbonyl (C=O) groups excluding carboxylic acids is 2. The van der Waals surface area contributed by atoms with E-state index in [0.29, 0.717) is 0 Å². The average Bonchev–Trinajstić information content (AvgIpc) is 2.29. The van der Waals surface area contributed by atoms with Crippen molar-refractivity contribution in [3.63, 3.8) is 0 Å². The van der Waals surface area contributed by atoms with Gasteiger partial charge in [-0.05, 0) is 6.92 Å². The van der Waals surface area contributed by atoms with Gasteiger partial charge in [-0.25, -0.2) is 4.79 Å². The first kappa shape index (κ1) is 15.2. The van der Waals surface area contributed by atoms with E-state index in [2.05, 4.69) is 15.5 Å². The molecule has 1 unspecified atom stereocenters. The number of halogens is 1. The molecule has 3 amide bonds. The van der Waals surface area contributed by atoms with Crippen LogP contribution in [0.25, 0.3) is 0 Å². The van der Waals surface area contributed by atoms with Crippen molar-refractivity contribution in [2.24, 2.45) is 0 Å². The van der Waals surface area contributed by atoms with Gasteiger partial charge < -0.3 is 10.1 Å². The molecule has 1 aliphatic rings. The highest BCUT2D eigenvalue weighted by Gasteiger charge is 2.15. The van der Waals surface area contributed by atoms with Crippen LogP contribution in [0.15, 0.2) is 0 Å². The van der Waals surface area contributed by atoms with E-state index in [1.807, 2.05) is 6.92 Å². The fourth-order valence-electron chi connectivity index (χ4n) is 1.75. The third-order valence-electron chi connectivity index (χ3n) is 2.59. The SMILES string of the molecule is CC(CN1CCOCC1)NC(=O)NC(=O)CCCl. The van der Waals surface area contributed by atoms with E-state index in [1.165, 1.54) is 0 Å². The molecule has 0 aromatic carbocycles. The molecule has 104 valence electrons. The highest BCUT2D eigenvalue weighted by molar-refractivity contribution is 6.19. The van der Waals surface area contributed by atoms with Crippen LogP contribution in [0.3, 0.4) is 0 Å². The summed E-state index contributed by atoms with van der Waals surface area (Å²) in [6.45, 7) is 5.86. The third kappa shape index (κ3) is 6.18. The fourth-order valence-corrected chi connectivity index (χ4v) is 1.92. The van der Waals surface area contributed by atoms with Crippen molar-refractivity contribution in [3.05, 3.63) is 0 Å². The third-order valence-corrected chi connectivity index (χ3v) is 2.78. The Morgan fingerprint density at radius 3 is 2.67 bits per heavy atom. The molecule has 0 aromatic heterocycles. The second-order valence-corrected chi connectivity index (χ2v) is 4.65. The number of hydrogen-bond acceptors (Lipinski definition) is 4. The largest absolute Gasteiger partial charge is 0.379 e. The van der Waals surface area contributed by atoms with Crippen LogP contribution in [0.2, 0.25) is 0 Å². The van der Waals surface area contributed by atoms with Crippen LogP contribution < -0.4 is 10.6 Å². The highest BCUT2D eigenvalue weighted by atomic mass is 35.5. The van der Waals surface area contributed by atoms with Crippen LogP contribution in [0, 0.1) is 0 Å². The van der Waals surface area contributed by atoms with Gasteiger partial charge in [-0.15, -0.1) is 11.6 Å². The summed E-state index contributed by atoms with van der Waals surface area (Å²) in [5.41, 5.74) is 0. The maximum Gasteiger partial charge on any atom is 0.321 e. The molecule has 1 atom stereocenters. The summed E-state index contributed by atoms with van der Waals surface area (Å²) < 4.78 is 5.24. The summed E-state index contributed by atoms with van der Waals surface area (Å²) in [5.74, 6) is -0.149. The van der Waals surface area contributed by atoms with Crippen molar-refractivity contribution in [1.29, 1.82) is 0 Å². The van der Waals surface area contributed by atoms with E-state index in [4.69, 9.17) is 16.3 Å². The van der Waals surface area contributed by atoms with Crippen LogP contribution >= 0.6 is 11.6 Å². The van der Waals surface area contributed by atoms with Gasteiger partial charge in [-0.1, -0.05) is 0 Å². The zero-order chi connectivity index (χ0) is 13.4. The summed E-state index contributed by atoms with van der Waals surface area (Å²) >= 11 is 5.40. The Balaban J connectivity index is 2.19. The molecule has 1 heterocycles. The number of alkyl halides is 1. The summed E-state index contributed by atoms with van der Waals surface area (Å²) in [7, 11) is 0. The molecule has 0 bridgehead atoms. The topological polar surface area (TPSA) is 70.7 Å². The molecule has 1 saturated heterocycles.